The van der Waals surface area contributed by atoms with Gasteiger partial charge in [-0.2, -0.15) is 0 Å². The van der Waals surface area contributed by atoms with Crippen molar-refractivity contribution in [2.75, 3.05) is 32.8 Å². The number of fused-ring (bicyclic) bond motifs is 1. The topological polar surface area (TPSA) is 99.6 Å². The SMILES string of the molecule is COCCOc1cc2ncnc(NC3=CC(=O)C(Sc4ccccc4)=CC3=O)c2cc1OC. The zero-order chi connectivity index (χ0) is 23.2. The van der Waals surface area contributed by atoms with Crippen LogP contribution >= 0.6 is 11.8 Å². The first-order valence-electron chi connectivity index (χ1n) is 10.1. The Morgan fingerprint density at radius 1 is 0.939 bits per heavy atom. The highest BCUT2D eigenvalue weighted by atomic mass is 32.2. The molecular weight excluding hydrogens is 442 g/mol. The Labute approximate surface area is 194 Å². The van der Waals surface area contributed by atoms with E-state index in [0.717, 1.165) is 4.90 Å². The molecule has 1 aliphatic rings. The molecule has 0 fully saturated rings. The van der Waals surface area contributed by atoms with E-state index in [2.05, 4.69) is 15.3 Å². The van der Waals surface area contributed by atoms with Gasteiger partial charge in [0.1, 0.15) is 18.8 Å². The van der Waals surface area contributed by atoms with Gasteiger partial charge in [-0.05, 0) is 18.2 Å². The number of aromatic nitrogens is 2. The number of nitrogens with one attached hydrogen (secondary N) is 1. The molecule has 0 saturated carbocycles. The van der Waals surface area contributed by atoms with Gasteiger partial charge in [-0.25, -0.2) is 9.97 Å². The maximum Gasteiger partial charge on any atom is 0.203 e. The van der Waals surface area contributed by atoms with E-state index in [0.29, 0.717) is 46.3 Å². The van der Waals surface area contributed by atoms with Gasteiger partial charge in [-0.1, -0.05) is 30.0 Å². The number of anilines is 1. The van der Waals surface area contributed by atoms with Crippen LogP contribution in [-0.4, -0.2) is 49.0 Å². The molecule has 4 rings (SSSR count). The Hall–Kier alpha value is -3.69. The number of ketones is 2. The summed E-state index contributed by atoms with van der Waals surface area (Å²) in [4.78, 5) is 35.2. The first-order valence-corrected chi connectivity index (χ1v) is 10.9. The van der Waals surface area contributed by atoms with Crippen molar-refractivity contribution in [1.29, 1.82) is 0 Å². The molecule has 0 saturated heterocycles. The van der Waals surface area contributed by atoms with Crippen LogP contribution in [0, 0.1) is 0 Å². The lowest BCUT2D eigenvalue weighted by Gasteiger charge is -2.16. The first kappa shape index (κ1) is 22.5. The second-order valence-electron chi connectivity index (χ2n) is 6.92. The summed E-state index contributed by atoms with van der Waals surface area (Å²) in [6, 6.07) is 12.9. The van der Waals surface area contributed by atoms with Gasteiger partial charge in [0.2, 0.25) is 5.78 Å². The van der Waals surface area contributed by atoms with Gasteiger partial charge in [0, 0.05) is 35.6 Å². The van der Waals surface area contributed by atoms with Crippen molar-refractivity contribution in [3.05, 3.63) is 71.5 Å². The van der Waals surface area contributed by atoms with Gasteiger partial charge in [-0.3, -0.25) is 9.59 Å². The molecule has 8 nitrogen and oxygen atoms in total. The van der Waals surface area contributed by atoms with Crippen LogP contribution in [0.2, 0.25) is 0 Å². The molecule has 168 valence electrons. The van der Waals surface area contributed by atoms with Crippen LogP contribution in [0.3, 0.4) is 0 Å². The summed E-state index contributed by atoms with van der Waals surface area (Å²) in [5.74, 6) is 0.807. The molecule has 1 heterocycles. The molecule has 0 aliphatic heterocycles. The number of hydrogen-bond donors (Lipinski definition) is 1. The van der Waals surface area contributed by atoms with Crippen molar-refractivity contribution in [1.82, 2.24) is 9.97 Å². The normalized spacial score (nSPS) is 13.5. The minimum Gasteiger partial charge on any atom is -0.493 e. The maximum absolute atomic E-state index is 12.7. The number of carbonyl (C=O) groups excluding carboxylic acids is 2. The Bertz CT molecular complexity index is 1260. The highest BCUT2D eigenvalue weighted by molar-refractivity contribution is 8.04. The number of hydrogen-bond acceptors (Lipinski definition) is 9. The lowest BCUT2D eigenvalue weighted by molar-refractivity contribution is -0.114. The van der Waals surface area contributed by atoms with Crippen molar-refractivity contribution < 1.29 is 23.8 Å². The van der Waals surface area contributed by atoms with Crippen LogP contribution < -0.4 is 14.8 Å². The zero-order valence-electron chi connectivity index (χ0n) is 18.0. The molecule has 0 amide bonds. The second-order valence-corrected chi connectivity index (χ2v) is 8.03. The number of allylic oxidation sites excluding steroid dienone is 3. The highest BCUT2D eigenvalue weighted by Crippen LogP contribution is 2.35. The summed E-state index contributed by atoms with van der Waals surface area (Å²) in [5, 5.41) is 3.59. The molecule has 1 aromatic heterocycles. The number of nitrogens with zero attached hydrogens (tertiary/aromatic N) is 2. The van der Waals surface area contributed by atoms with E-state index in [1.807, 2.05) is 30.3 Å². The summed E-state index contributed by atoms with van der Waals surface area (Å²) < 4.78 is 16.2. The van der Waals surface area contributed by atoms with Crippen LogP contribution in [-0.2, 0) is 14.3 Å². The first-order chi connectivity index (χ1) is 16.1. The molecule has 2 aromatic carbocycles. The third kappa shape index (κ3) is 5.21. The second kappa shape index (κ2) is 10.3. The van der Waals surface area contributed by atoms with Gasteiger partial charge >= 0.3 is 0 Å². The monoisotopic (exact) mass is 463 g/mol. The van der Waals surface area contributed by atoms with E-state index in [4.69, 9.17) is 14.2 Å². The Balaban J connectivity index is 1.58. The van der Waals surface area contributed by atoms with Crippen molar-refractivity contribution in [3.63, 3.8) is 0 Å². The predicted molar refractivity (Wildman–Crippen MR) is 126 cm³/mol. The van der Waals surface area contributed by atoms with Gasteiger partial charge < -0.3 is 19.5 Å². The number of benzene rings is 2. The Morgan fingerprint density at radius 2 is 1.76 bits per heavy atom. The third-order valence-electron chi connectivity index (χ3n) is 4.74. The van der Waals surface area contributed by atoms with Gasteiger partial charge in [-0.15, -0.1) is 0 Å². The van der Waals surface area contributed by atoms with Crippen molar-refractivity contribution in [2.45, 2.75) is 4.90 Å². The van der Waals surface area contributed by atoms with E-state index < -0.39 is 0 Å². The van der Waals surface area contributed by atoms with E-state index in [1.165, 1.54) is 37.4 Å². The van der Waals surface area contributed by atoms with Gasteiger partial charge in [0.25, 0.3) is 0 Å². The van der Waals surface area contributed by atoms with Crippen LogP contribution in [0.15, 0.2) is 76.4 Å². The van der Waals surface area contributed by atoms with E-state index >= 15 is 0 Å². The molecule has 3 aromatic rings. The summed E-state index contributed by atoms with van der Waals surface area (Å²) in [5.41, 5.74) is 0.726. The molecule has 0 radical (unpaired) electrons. The number of ether oxygens (including phenoxy) is 3. The number of rotatable bonds is 9. The molecule has 0 unspecified atom stereocenters. The molecule has 1 N–H and O–H groups in total. The predicted octanol–water partition coefficient (Wildman–Crippen LogP) is 3.79. The highest BCUT2D eigenvalue weighted by Gasteiger charge is 2.22. The average molecular weight is 464 g/mol. The Kier molecular flexibility index (Phi) is 7.01. The van der Waals surface area contributed by atoms with E-state index in [1.54, 1.807) is 19.2 Å². The maximum atomic E-state index is 12.7. The minimum absolute atomic E-state index is 0.136. The molecule has 0 bridgehead atoms. The summed E-state index contributed by atoms with van der Waals surface area (Å²) in [6.45, 7) is 0.786. The van der Waals surface area contributed by atoms with Crippen molar-refractivity contribution in [2.24, 2.45) is 0 Å². The molecular formula is C24H21N3O5S. The van der Waals surface area contributed by atoms with Crippen LogP contribution in [0.1, 0.15) is 0 Å². The van der Waals surface area contributed by atoms with Crippen LogP contribution in [0.5, 0.6) is 11.5 Å². The molecule has 1 aliphatic carbocycles. The molecule has 0 atom stereocenters. The standard InChI is InChI=1S/C24H21N3O5S/c1-30-8-9-32-22-12-17-16(10-21(22)31-2)24(26-14-25-17)27-18-11-20(29)23(13-19(18)28)33-15-6-4-3-5-7-15/h3-7,10-14H,8-9H2,1-2H3,(H,25,26,27). The summed E-state index contributed by atoms with van der Waals surface area (Å²) in [6.07, 6.45) is 4.01. The quantitative estimate of drug-likeness (QED) is 0.375. The smallest absolute Gasteiger partial charge is 0.203 e. The number of methoxy groups -OCH3 is 2. The fraction of sp³-hybridized carbons (Fsp3) is 0.167. The largest absolute Gasteiger partial charge is 0.493 e. The number of carbonyl (C=O) groups is 2. The van der Waals surface area contributed by atoms with Crippen LogP contribution in [0.25, 0.3) is 10.9 Å². The lowest BCUT2D eigenvalue weighted by Crippen LogP contribution is -2.18. The summed E-state index contributed by atoms with van der Waals surface area (Å²) in [7, 11) is 3.13. The van der Waals surface area contributed by atoms with Crippen LogP contribution in [0.4, 0.5) is 5.82 Å². The van der Waals surface area contributed by atoms with Crippen molar-refractivity contribution >= 4 is 40.0 Å². The number of thioether (sulfide) groups is 1. The Morgan fingerprint density at radius 3 is 2.52 bits per heavy atom. The van der Waals surface area contributed by atoms with Crippen molar-refractivity contribution in [3.8, 4) is 11.5 Å². The van der Waals surface area contributed by atoms with Gasteiger partial charge in [0.15, 0.2) is 17.3 Å². The third-order valence-corrected chi connectivity index (χ3v) is 5.78. The lowest BCUT2D eigenvalue weighted by atomic mass is 10.1. The molecule has 9 heteroatoms. The molecule has 0 spiro atoms. The molecule has 33 heavy (non-hydrogen) atoms. The minimum atomic E-state index is -0.314. The fourth-order valence-electron chi connectivity index (χ4n) is 3.13. The summed E-state index contributed by atoms with van der Waals surface area (Å²) >= 11 is 1.26. The zero-order valence-corrected chi connectivity index (χ0v) is 18.8. The van der Waals surface area contributed by atoms with E-state index in [-0.39, 0.29) is 17.3 Å². The van der Waals surface area contributed by atoms with E-state index in [9.17, 15) is 9.59 Å². The fourth-order valence-corrected chi connectivity index (χ4v) is 4.01. The average Bonchev–Trinajstić information content (AvgIpc) is 2.83. The van der Waals surface area contributed by atoms with Gasteiger partial charge in [0.05, 0.1) is 29.8 Å².